The molecule has 0 unspecified atom stereocenters. The minimum absolute atomic E-state index is 0.140. The highest BCUT2D eigenvalue weighted by Gasteiger charge is 2.26. The summed E-state index contributed by atoms with van der Waals surface area (Å²) in [5, 5.41) is 0.854. The van der Waals surface area contributed by atoms with Crippen molar-refractivity contribution in [2.75, 3.05) is 38.2 Å². The third-order valence-corrected chi connectivity index (χ3v) is 5.87. The minimum atomic E-state index is -0.552. The summed E-state index contributed by atoms with van der Waals surface area (Å²) in [5.41, 5.74) is 0.729. The molecule has 0 saturated carbocycles. The molecule has 38 heavy (non-hydrogen) atoms. The second kappa shape index (κ2) is 11.4. The highest BCUT2D eigenvalue weighted by atomic mass is 35.5. The molecule has 1 fully saturated rings. The van der Waals surface area contributed by atoms with Crippen LogP contribution in [0.25, 0.3) is 11.3 Å². The van der Waals surface area contributed by atoms with E-state index >= 15 is 0 Å². The molecule has 1 aromatic carbocycles. The van der Waals surface area contributed by atoms with Gasteiger partial charge in [-0.3, -0.25) is 0 Å². The van der Waals surface area contributed by atoms with Crippen LogP contribution in [-0.2, 0) is 9.47 Å². The number of esters is 1. The van der Waals surface area contributed by atoms with Crippen LogP contribution in [0.4, 0.5) is 10.7 Å². The van der Waals surface area contributed by atoms with E-state index in [1.165, 1.54) is 25.6 Å². The number of benzene rings is 1. The molecule has 0 bridgehead atoms. The third-order valence-electron chi connectivity index (χ3n) is 5.43. The van der Waals surface area contributed by atoms with E-state index in [0.29, 0.717) is 59.2 Å². The summed E-state index contributed by atoms with van der Waals surface area (Å²) in [6.07, 6.45) is 2.71. The molecule has 200 valence electrons. The van der Waals surface area contributed by atoms with Crippen molar-refractivity contribution in [2.24, 2.45) is 0 Å². The summed E-state index contributed by atoms with van der Waals surface area (Å²) in [5.74, 6) is 0.419. The molecule has 0 spiro atoms. The standard InChI is InChI=1S/C26H27Cl2N5O5/c1-26(2,3)38-25(35)33-7-5-32(6-8-33)24-29-14-20(15-30-24)37-22-12-17(23(34)36-4)11-21(31-22)16-9-18(27)13-19(28)10-16/h9-15H,5-8H2,1-4H3. The fourth-order valence-electron chi connectivity index (χ4n) is 3.70. The zero-order valence-electron chi connectivity index (χ0n) is 21.4. The number of halogens is 2. The lowest BCUT2D eigenvalue weighted by Gasteiger charge is -2.35. The van der Waals surface area contributed by atoms with Gasteiger partial charge in [0.25, 0.3) is 0 Å². The van der Waals surface area contributed by atoms with Crippen molar-refractivity contribution in [1.82, 2.24) is 19.9 Å². The molecule has 0 atom stereocenters. The fourth-order valence-corrected chi connectivity index (χ4v) is 4.23. The van der Waals surface area contributed by atoms with Crippen LogP contribution in [0.15, 0.2) is 42.7 Å². The van der Waals surface area contributed by atoms with Gasteiger partial charge < -0.3 is 24.0 Å². The lowest BCUT2D eigenvalue weighted by Crippen LogP contribution is -2.50. The maximum absolute atomic E-state index is 12.3. The van der Waals surface area contributed by atoms with E-state index < -0.39 is 11.6 Å². The molecule has 0 radical (unpaired) electrons. The van der Waals surface area contributed by atoms with Crippen LogP contribution in [0.5, 0.6) is 11.6 Å². The van der Waals surface area contributed by atoms with Crippen molar-refractivity contribution in [3.05, 3.63) is 58.3 Å². The summed E-state index contributed by atoms with van der Waals surface area (Å²) in [6.45, 7) is 7.64. The van der Waals surface area contributed by atoms with E-state index in [-0.39, 0.29) is 17.5 Å². The smallest absolute Gasteiger partial charge is 0.410 e. The lowest BCUT2D eigenvalue weighted by molar-refractivity contribution is 0.0240. The first-order chi connectivity index (χ1) is 18.0. The molecule has 3 aromatic rings. The van der Waals surface area contributed by atoms with Gasteiger partial charge in [-0.15, -0.1) is 0 Å². The number of nitrogens with zero attached hydrogens (tertiary/aromatic N) is 5. The molecule has 12 heteroatoms. The zero-order valence-corrected chi connectivity index (χ0v) is 22.9. The summed E-state index contributed by atoms with van der Waals surface area (Å²) >= 11 is 12.3. The lowest BCUT2D eigenvalue weighted by atomic mass is 10.1. The molecule has 1 aliphatic heterocycles. The Hall–Kier alpha value is -3.63. The van der Waals surface area contributed by atoms with Crippen molar-refractivity contribution < 1.29 is 23.8 Å². The van der Waals surface area contributed by atoms with Gasteiger partial charge in [0.15, 0.2) is 5.75 Å². The largest absolute Gasteiger partial charge is 0.465 e. The van der Waals surface area contributed by atoms with Crippen molar-refractivity contribution in [2.45, 2.75) is 26.4 Å². The maximum atomic E-state index is 12.3. The highest BCUT2D eigenvalue weighted by Crippen LogP contribution is 2.30. The molecular weight excluding hydrogens is 533 g/mol. The van der Waals surface area contributed by atoms with Gasteiger partial charge in [0.1, 0.15) is 5.60 Å². The number of hydrogen-bond acceptors (Lipinski definition) is 9. The number of pyridine rings is 1. The number of carbonyl (C=O) groups is 2. The average molecular weight is 560 g/mol. The summed E-state index contributed by atoms with van der Waals surface area (Å²) < 4.78 is 16.2. The van der Waals surface area contributed by atoms with Gasteiger partial charge in [-0.1, -0.05) is 23.2 Å². The zero-order chi connectivity index (χ0) is 27.4. The van der Waals surface area contributed by atoms with Crippen LogP contribution < -0.4 is 9.64 Å². The summed E-state index contributed by atoms with van der Waals surface area (Å²) in [7, 11) is 1.29. The summed E-state index contributed by atoms with van der Waals surface area (Å²) in [6, 6.07) is 8.00. The Morgan fingerprint density at radius 2 is 1.55 bits per heavy atom. The quantitative estimate of drug-likeness (QED) is 0.375. The van der Waals surface area contributed by atoms with Crippen LogP contribution in [0.1, 0.15) is 31.1 Å². The molecule has 10 nitrogen and oxygen atoms in total. The second-order valence-electron chi connectivity index (χ2n) is 9.50. The number of aromatic nitrogens is 3. The SMILES string of the molecule is COC(=O)c1cc(Oc2cnc(N3CCN(C(=O)OC(C)(C)C)CC3)nc2)nc(-c2cc(Cl)cc(Cl)c2)c1. The van der Waals surface area contributed by atoms with Crippen LogP contribution >= 0.6 is 23.2 Å². The van der Waals surface area contributed by atoms with Gasteiger partial charge in [0.2, 0.25) is 11.8 Å². The number of ether oxygens (including phenoxy) is 3. The van der Waals surface area contributed by atoms with Crippen LogP contribution in [0, 0.1) is 0 Å². The summed E-state index contributed by atoms with van der Waals surface area (Å²) in [4.78, 5) is 41.5. The van der Waals surface area contributed by atoms with Gasteiger partial charge in [-0.25, -0.2) is 24.5 Å². The van der Waals surface area contributed by atoms with E-state index in [0.717, 1.165) is 0 Å². The van der Waals surface area contributed by atoms with Crippen LogP contribution in [0.2, 0.25) is 10.0 Å². The molecule has 4 rings (SSSR count). The van der Waals surface area contributed by atoms with E-state index in [4.69, 9.17) is 37.4 Å². The predicted molar refractivity (Wildman–Crippen MR) is 143 cm³/mol. The number of amides is 1. The normalized spacial score (nSPS) is 13.7. The van der Waals surface area contributed by atoms with E-state index in [1.54, 1.807) is 29.2 Å². The molecule has 3 heterocycles. The first kappa shape index (κ1) is 27.4. The van der Waals surface area contributed by atoms with Crippen LogP contribution in [0.3, 0.4) is 0 Å². The Morgan fingerprint density at radius 3 is 2.13 bits per heavy atom. The topological polar surface area (TPSA) is 107 Å². The molecule has 1 amide bonds. The van der Waals surface area contributed by atoms with E-state index in [9.17, 15) is 9.59 Å². The Bertz CT molecular complexity index is 1300. The van der Waals surface area contributed by atoms with Gasteiger partial charge in [0.05, 0.1) is 30.8 Å². The fraction of sp³-hybridized carbons (Fsp3) is 0.346. The third kappa shape index (κ3) is 7.02. The number of anilines is 1. The van der Waals surface area contributed by atoms with Crippen LogP contribution in [-0.4, -0.2) is 70.8 Å². The number of piperazine rings is 1. The number of hydrogen-bond donors (Lipinski definition) is 0. The van der Waals surface area contributed by atoms with E-state index in [2.05, 4.69) is 15.0 Å². The van der Waals surface area contributed by atoms with Crippen molar-refractivity contribution >= 4 is 41.2 Å². The van der Waals surface area contributed by atoms with Crippen molar-refractivity contribution in [3.8, 4) is 22.9 Å². The van der Waals surface area contributed by atoms with Gasteiger partial charge in [0, 0.05) is 47.9 Å². The van der Waals surface area contributed by atoms with Gasteiger partial charge >= 0.3 is 12.1 Å². The highest BCUT2D eigenvalue weighted by molar-refractivity contribution is 6.35. The Balaban J connectivity index is 1.47. The molecule has 1 saturated heterocycles. The first-order valence-corrected chi connectivity index (χ1v) is 12.6. The Labute approximate surface area is 230 Å². The van der Waals surface area contributed by atoms with E-state index in [1.807, 2.05) is 25.7 Å². The minimum Gasteiger partial charge on any atom is -0.465 e. The van der Waals surface area contributed by atoms with Crippen molar-refractivity contribution in [3.63, 3.8) is 0 Å². The molecular formula is C26H27Cl2N5O5. The average Bonchev–Trinajstić information content (AvgIpc) is 2.87. The molecule has 0 N–H and O–H groups in total. The first-order valence-electron chi connectivity index (χ1n) is 11.8. The molecule has 2 aromatic heterocycles. The second-order valence-corrected chi connectivity index (χ2v) is 10.4. The number of carbonyl (C=O) groups excluding carboxylic acids is 2. The number of rotatable bonds is 5. The van der Waals surface area contributed by atoms with Gasteiger partial charge in [-0.2, -0.15) is 0 Å². The predicted octanol–water partition coefficient (Wildman–Crippen LogP) is 5.48. The monoisotopic (exact) mass is 559 g/mol. The van der Waals surface area contributed by atoms with Crippen molar-refractivity contribution in [1.29, 1.82) is 0 Å². The molecule has 1 aliphatic rings. The molecule has 0 aliphatic carbocycles. The van der Waals surface area contributed by atoms with Gasteiger partial charge in [-0.05, 0) is 45.0 Å². The number of methoxy groups -OCH3 is 1. The Morgan fingerprint density at radius 1 is 0.921 bits per heavy atom. The maximum Gasteiger partial charge on any atom is 0.410 e. The Kier molecular flexibility index (Phi) is 8.23.